The van der Waals surface area contributed by atoms with Gasteiger partial charge in [0.2, 0.25) is 5.92 Å². The average Bonchev–Trinajstić information content (AvgIpc) is 3.05. The maximum absolute atomic E-state index is 13.3. The largest absolute Gasteiger partial charge is 0.462 e. The highest BCUT2D eigenvalue weighted by Crippen LogP contribution is 2.66. The van der Waals surface area contributed by atoms with E-state index in [-0.39, 0.29) is 30.3 Å². The highest BCUT2D eigenvalue weighted by atomic mass is 19.3. The van der Waals surface area contributed by atoms with Gasteiger partial charge < -0.3 is 9.30 Å². The van der Waals surface area contributed by atoms with Crippen molar-refractivity contribution >= 4 is 27.9 Å². The van der Waals surface area contributed by atoms with Crippen LogP contribution in [-0.4, -0.2) is 32.8 Å². The Labute approximate surface area is 154 Å². The van der Waals surface area contributed by atoms with Gasteiger partial charge in [0.25, 0.3) is 0 Å². The van der Waals surface area contributed by atoms with Crippen LogP contribution >= 0.6 is 0 Å². The van der Waals surface area contributed by atoms with E-state index in [0.717, 1.165) is 34.8 Å². The molecule has 1 spiro atoms. The number of hydrogen-bond donors (Lipinski definition) is 0. The molecule has 5 nitrogen and oxygen atoms in total. The van der Waals surface area contributed by atoms with E-state index in [4.69, 9.17) is 4.74 Å². The van der Waals surface area contributed by atoms with Crippen LogP contribution in [-0.2, 0) is 11.8 Å². The number of alkyl halides is 2. The van der Waals surface area contributed by atoms with E-state index >= 15 is 0 Å². The fraction of sp³-hybridized carbons (Fsp3) is 0.500. The molecule has 7 heteroatoms. The minimum Gasteiger partial charge on any atom is -0.462 e. The predicted octanol–water partition coefficient (Wildman–Crippen LogP) is 4.46. The number of halogens is 2. The SMILES string of the molecule is CCOC(=O)c1ccc2c(c1)c1cn(C)nc1n2C1CC2(C1)CC(F)(F)C2. The molecule has 0 aliphatic heterocycles. The predicted molar refractivity (Wildman–Crippen MR) is 97.1 cm³/mol. The zero-order valence-electron chi connectivity index (χ0n) is 15.3. The second-order valence-corrected chi connectivity index (χ2v) is 8.13. The molecular weight excluding hydrogens is 352 g/mol. The van der Waals surface area contributed by atoms with Gasteiger partial charge in [-0.15, -0.1) is 0 Å². The number of fused-ring (bicyclic) bond motifs is 3. The van der Waals surface area contributed by atoms with Crippen molar-refractivity contribution in [2.24, 2.45) is 12.5 Å². The minimum atomic E-state index is -2.49. The van der Waals surface area contributed by atoms with E-state index in [9.17, 15) is 13.6 Å². The van der Waals surface area contributed by atoms with Gasteiger partial charge in [0, 0.05) is 42.9 Å². The summed E-state index contributed by atoms with van der Waals surface area (Å²) in [5.74, 6) is -2.83. The molecule has 0 bridgehead atoms. The fourth-order valence-electron chi connectivity index (χ4n) is 5.09. The van der Waals surface area contributed by atoms with Gasteiger partial charge in [-0.25, -0.2) is 13.6 Å². The third-order valence-electron chi connectivity index (χ3n) is 6.06. The Hall–Kier alpha value is -2.44. The van der Waals surface area contributed by atoms with Gasteiger partial charge in [-0.1, -0.05) is 0 Å². The van der Waals surface area contributed by atoms with Crippen molar-refractivity contribution in [1.29, 1.82) is 0 Å². The Morgan fingerprint density at radius 2 is 2.04 bits per heavy atom. The van der Waals surface area contributed by atoms with Gasteiger partial charge in [0.1, 0.15) is 0 Å². The van der Waals surface area contributed by atoms with Crippen LogP contribution in [0, 0.1) is 5.41 Å². The van der Waals surface area contributed by atoms with Crippen molar-refractivity contribution in [2.45, 2.75) is 44.6 Å². The normalized spacial score (nSPS) is 20.7. The summed E-state index contributed by atoms with van der Waals surface area (Å²) in [6, 6.07) is 5.70. The van der Waals surface area contributed by atoms with Crippen LogP contribution in [0.5, 0.6) is 0 Å². The van der Waals surface area contributed by atoms with Crippen molar-refractivity contribution in [3.05, 3.63) is 30.0 Å². The van der Waals surface area contributed by atoms with Crippen molar-refractivity contribution in [3.63, 3.8) is 0 Å². The van der Waals surface area contributed by atoms with Gasteiger partial charge in [0.05, 0.1) is 17.7 Å². The number of aromatic nitrogens is 3. The molecule has 0 atom stereocenters. The molecule has 1 aromatic carbocycles. The van der Waals surface area contributed by atoms with E-state index in [1.54, 1.807) is 17.7 Å². The molecule has 2 aliphatic carbocycles. The molecule has 2 aromatic heterocycles. The molecule has 2 aliphatic rings. The molecule has 0 unspecified atom stereocenters. The summed E-state index contributed by atoms with van der Waals surface area (Å²) in [6.07, 6.45) is 3.48. The molecule has 0 N–H and O–H groups in total. The lowest BCUT2D eigenvalue weighted by atomic mass is 9.52. The van der Waals surface area contributed by atoms with Gasteiger partial charge in [0.15, 0.2) is 5.65 Å². The number of ether oxygens (including phenoxy) is 1. The average molecular weight is 373 g/mol. The quantitative estimate of drug-likeness (QED) is 0.637. The zero-order chi connectivity index (χ0) is 19.0. The summed E-state index contributed by atoms with van der Waals surface area (Å²) < 4.78 is 35.7. The molecule has 0 radical (unpaired) electrons. The Balaban J connectivity index is 1.56. The first-order valence-corrected chi connectivity index (χ1v) is 9.33. The summed E-state index contributed by atoms with van der Waals surface area (Å²) in [6.45, 7) is 2.11. The number of carbonyl (C=O) groups is 1. The van der Waals surface area contributed by atoms with Crippen molar-refractivity contribution in [2.75, 3.05) is 6.61 Å². The molecule has 2 heterocycles. The van der Waals surface area contributed by atoms with E-state index in [2.05, 4.69) is 9.67 Å². The topological polar surface area (TPSA) is 49.1 Å². The first kappa shape index (κ1) is 16.7. The lowest BCUT2D eigenvalue weighted by Crippen LogP contribution is -2.53. The van der Waals surface area contributed by atoms with E-state index in [1.165, 1.54) is 0 Å². The molecule has 2 saturated carbocycles. The van der Waals surface area contributed by atoms with Crippen molar-refractivity contribution in [1.82, 2.24) is 14.3 Å². The molecule has 142 valence electrons. The van der Waals surface area contributed by atoms with Crippen LogP contribution in [0.1, 0.15) is 49.0 Å². The summed E-state index contributed by atoms with van der Waals surface area (Å²) in [7, 11) is 1.86. The zero-order valence-corrected chi connectivity index (χ0v) is 15.3. The smallest absolute Gasteiger partial charge is 0.338 e. The molecule has 2 fully saturated rings. The molecular formula is C20H21F2N3O2. The molecule has 0 saturated heterocycles. The minimum absolute atomic E-state index is 0.00800. The van der Waals surface area contributed by atoms with Crippen LogP contribution in [0.15, 0.2) is 24.4 Å². The number of benzene rings is 1. The fourth-order valence-corrected chi connectivity index (χ4v) is 5.09. The van der Waals surface area contributed by atoms with Gasteiger partial charge >= 0.3 is 5.97 Å². The van der Waals surface area contributed by atoms with Crippen LogP contribution in [0.2, 0.25) is 0 Å². The lowest BCUT2D eigenvalue weighted by molar-refractivity contribution is -0.202. The monoisotopic (exact) mass is 373 g/mol. The maximum atomic E-state index is 13.3. The Morgan fingerprint density at radius 1 is 1.30 bits per heavy atom. The van der Waals surface area contributed by atoms with Crippen molar-refractivity contribution < 1.29 is 18.3 Å². The lowest BCUT2D eigenvalue weighted by Gasteiger charge is -2.57. The molecule has 5 rings (SSSR count). The summed E-state index contributed by atoms with van der Waals surface area (Å²) in [5, 5.41) is 6.52. The van der Waals surface area contributed by atoms with Gasteiger partial charge in [-0.05, 0) is 43.4 Å². The van der Waals surface area contributed by atoms with E-state index in [0.29, 0.717) is 12.2 Å². The van der Waals surface area contributed by atoms with Crippen molar-refractivity contribution in [3.8, 4) is 0 Å². The summed E-state index contributed by atoms with van der Waals surface area (Å²) >= 11 is 0. The second-order valence-electron chi connectivity index (χ2n) is 8.13. The van der Waals surface area contributed by atoms with E-state index in [1.807, 2.05) is 25.4 Å². The number of aryl methyl sites for hydroxylation is 1. The number of hydrogen-bond acceptors (Lipinski definition) is 3. The number of esters is 1. The van der Waals surface area contributed by atoms with E-state index < -0.39 is 5.92 Å². The molecule has 0 amide bonds. The Kier molecular flexibility index (Phi) is 3.28. The third kappa shape index (κ3) is 2.40. The van der Waals surface area contributed by atoms with Crippen LogP contribution in [0.4, 0.5) is 8.78 Å². The third-order valence-corrected chi connectivity index (χ3v) is 6.06. The maximum Gasteiger partial charge on any atom is 0.338 e. The number of carbonyl (C=O) groups excluding carboxylic acids is 1. The number of rotatable bonds is 3. The molecule has 27 heavy (non-hydrogen) atoms. The van der Waals surface area contributed by atoms with Gasteiger partial charge in [-0.2, -0.15) is 5.10 Å². The summed E-state index contributed by atoms with van der Waals surface area (Å²) in [5.41, 5.74) is 2.15. The standard InChI is InChI=1S/C20H21F2N3O2/c1-3-27-18(26)12-4-5-16-14(6-12)15-9-24(2)23-17(15)25(16)13-7-19(8-13)10-20(21,22)11-19/h4-6,9,13H,3,7-8,10-11H2,1-2H3. The Morgan fingerprint density at radius 3 is 2.70 bits per heavy atom. The van der Waals surface area contributed by atoms with Crippen LogP contribution < -0.4 is 0 Å². The highest BCUT2D eigenvalue weighted by molar-refractivity contribution is 6.09. The molecule has 3 aromatic rings. The summed E-state index contributed by atoms with van der Waals surface area (Å²) in [4.78, 5) is 12.1. The second kappa shape index (κ2) is 5.30. The highest BCUT2D eigenvalue weighted by Gasteiger charge is 2.62. The first-order chi connectivity index (χ1) is 12.8. The number of nitrogens with zero attached hydrogens (tertiary/aromatic N) is 3. The van der Waals surface area contributed by atoms with Gasteiger partial charge in [-0.3, -0.25) is 4.68 Å². The Bertz CT molecular complexity index is 1070. The van der Waals surface area contributed by atoms with Crippen LogP contribution in [0.25, 0.3) is 21.9 Å². The van der Waals surface area contributed by atoms with Crippen LogP contribution in [0.3, 0.4) is 0 Å². The first-order valence-electron chi connectivity index (χ1n) is 9.33.